The van der Waals surface area contributed by atoms with E-state index in [1.165, 1.54) is 0 Å². The summed E-state index contributed by atoms with van der Waals surface area (Å²) in [5.41, 5.74) is 8.88. The summed E-state index contributed by atoms with van der Waals surface area (Å²) in [5.74, 6) is -0.0881. The SMILES string of the molecule is CCCN(C)c1cc(NC)c(N)cc1C(=O)NCC. The van der Waals surface area contributed by atoms with E-state index in [-0.39, 0.29) is 5.91 Å². The molecule has 0 aliphatic heterocycles. The first-order valence-electron chi connectivity index (χ1n) is 6.65. The van der Waals surface area contributed by atoms with E-state index >= 15 is 0 Å². The lowest BCUT2D eigenvalue weighted by Crippen LogP contribution is -2.27. The van der Waals surface area contributed by atoms with Crippen molar-refractivity contribution in [1.82, 2.24) is 5.32 Å². The fraction of sp³-hybridized carbons (Fsp3) is 0.500. The number of carbonyl (C=O) groups is 1. The van der Waals surface area contributed by atoms with Crippen molar-refractivity contribution in [2.24, 2.45) is 0 Å². The molecule has 5 heteroatoms. The van der Waals surface area contributed by atoms with Gasteiger partial charge in [-0.25, -0.2) is 0 Å². The van der Waals surface area contributed by atoms with Gasteiger partial charge in [0.1, 0.15) is 0 Å². The second-order valence-corrected chi connectivity index (χ2v) is 4.49. The maximum atomic E-state index is 12.1. The molecule has 0 radical (unpaired) electrons. The molecule has 0 unspecified atom stereocenters. The lowest BCUT2D eigenvalue weighted by molar-refractivity contribution is 0.0956. The highest BCUT2D eigenvalue weighted by Crippen LogP contribution is 2.29. The Kier molecular flexibility index (Phi) is 5.48. The molecular formula is C14H24N4O. The molecule has 0 heterocycles. The predicted molar refractivity (Wildman–Crippen MR) is 82.0 cm³/mol. The van der Waals surface area contributed by atoms with Crippen molar-refractivity contribution in [2.75, 3.05) is 43.1 Å². The lowest BCUT2D eigenvalue weighted by atomic mass is 10.1. The van der Waals surface area contributed by atoms with Gasteiger partial charge in [-0.15, -0.1) is 0 Å². The van der Waals surface area contributed by atoms with Crippen LogP contribution >= 0.6 is 0 Å². The van der Waals surface area contributed by atoms with Crippen LogP contribution in [0.2, 0.25) is 0 Å². The zero-order valence-electron chi connectivity index (χ0n) is 12.2. The molecule has 5 nitrogen and oxygen atoms in total. The van der Waals surface area contributed by atoms with Crippen molar-refractivity contribution in [3.63, 3.8) is 0 Å². The average molecular weight is 264 g/mol. The Bertz CT molecular complexity index is 445. The van der Waals surface area contributed by atoms with E-state index < -0.39 is 0 Å². The molecule has 0 atom stereocenters. The van der Waals surface area contributed by atoms with Crippen LogP contribution in [0.25, 0.3) is 0 Å². The highest BCUT2D eigenvalue weighted by molar-refractivity contribution is 6.02. The third kappa shape index (κ3) is 3.53. The van der Waals surface area contributed by atoms with Gasteiger partial charge in [-0.3, -0.25) is 4.79 Å². The van der Waals surface area contributed by atoms with Gasteiger partial charge in [-0.05, 0) is 25.5 Å². The zero-order chi connectivity index (χ0) is 14.4. The maximum absolute atomic E-state index is 12.1. The van der Waals surface area contributed by atoms with Crippen LogP contribution in [0.5, 0.6) is 0 Å². The summed E-state index contributed by atoms with van der Waals surface area (Å²) in [4.78, 5) is 14.2. The summed E-state index contributed by atoms with van der Waals surface area (Å²) in [6, 6.07) is 3.66. The molecule has 0 aliphatic rings. The molecular weight excluding hydrogens is 240 g/mol. The Morgan fingerprint density at radius 2 is 2.05 bits per heavy atom. The Morgan fingerprint density at radius 1 is 1.37 bits per heavy atom. The summed E-state index contributed by atoms with van der Waals surface area (Å²) in [7, 11) is 3.80. The Morgan fingerprint density at radius 3 is 2.58 bits per heavy atom. The number of nitrogens with zero attached hydrogens (tertiary/aromatic N) is 1. The Hall–Kier alpha value is -1.91. The number of anilines is 3. The number of carbonyl (C=O) groups excluding carboxylic acids is 1. The second-order valence-electron chi connectivity index (χ2n) is 4.49. The molecule has 1 rings (SSSR count). The molecule has 0 spiro atoms. The molecule has 106 valence electrons. The fourth-order valence-electron chi connectivity index (χ4n) is 2.03. The van der Waals surface area contributed by atoms with Crippen LogP contribution in [0.3, 0.4) is 0 Å². The lowest BCUT2D eigenvalue weighted by Gasteiger charge is -2.23. The maximum Gasteiger partial charge on any atom is 0.253 e. The number of amides is 1. The van der Waals surface area contributed by atoms with Crippen LogP contribution in [-0.2, 0) is 0 Å². The summed E-state index contributed by atoms with van der Waals surface area (Å²) >= 11 is 0. The molecule has 1 amide bonds. The van der Waals surface area contributed by atoms with Crippen molar-refractivity contribution < 1.29 is 4.79 Å². The standard InChI is InChI=1S/C14H24N4O/c1-5-7-18(4)13-9-12(16-3)11(15)8-10(13)14(19)17-6-2/h8-9,16H,5-7,15H2,1-4H3,(H,17,19). The third-order valence-electron chi connectivity index (χ3n) is 2.99. The van der Waals surface area contributed by atoms with Crippen LogP contribution in [0, 0.1) is 0 Å². The Labute approximate surface area is 115 Å². The normalized spacial score (nSPS) is 10.1. The molecule has 0 saturated carbocycles. The quantitative estimate of drug-likeness (QED) is 0.686. The van der Waals surface area contributed by atoms with E-state index in [0.29, 0.717) is 17.8 Å². The number of hydrogen-bond acceptors (Lipinski definition) is 4. The van der Waals surface area contributed by atoms with Crippen molar-refractivity contribution in [1.29, 1.82) is 0 Å². The van der Waals surface area contributed by atoms with Gasteiger partial charge in [-0.1, -0.05) is 6.92 Å². The van der Waals surface area contributed by atoms with E-state index in [0.717, 1.165) is 24.3 Å². The minimum absolute atomic E-state index is 0.0881. The molecule has 0 saturated heterocycles. The van der Waals surface area contributed by atoms with Crippen molar-refractivity contribution in [2.45, 2.75) is 20.3 Å². The number of benzene rings is 1. The zero-order valence-corrected chi connectivity index (χ0v) is 12.2. The van der Waals surface area contributed by atoms with E-state index in [9.17, 15) is 4.79 Å². The van der Waals surface area contributed by atoms with Crippen molar-refractivity contribution in [3.8, 4) is 0 Å². The average Bonchev–Trinajstić information content (AvgIpc) is 2.38. The first kappa shape index (κ1) is 15.1. The largest absolute Gasteiger partial charge is 0.397 e. The minimum Gasteiger partial charge on any atom is -0.397 e. The van der Waals surface area contributed by atoms with Gasteiger partial charge < -0.3 is 21.3 Å². The van der Waals surface area contributed by atoms with E-state index in [4.69, 9.17) is 5.73 Å². The number of rotatable bonds is 6. The van der Waals surface area contributed by atoms with Crippen LogP contribution in [0.15, 0.2) is 12.1 Å². The molecule has 0 fully saturated rings. The monoisotopic (exact) mass is 264 g/mol. The molecule has 0 aromatic heterocycles. The van der Waals surface area contributed by atoms with Gasteiger partial charge in [0.05, 0.1) is 22.6 Å². The van der Waals surface area contributed by atoms with Gasteiger partial charge in [0.25, 0.3) is 5.91 Å². The highest BCUT2D eigenvalue weighted by Gasteiger charge is 2.16. The minimum atomic E-state index is -0.0881. The van der Waals surface area contributed by atoms with E-state index in [1.807, 2.05) is 27.1 Å². The fourth-order valence-corrected chi connectivity index (χ4v) is 2.03. The van der Waals surface area contributed by atoms with Crippen LogP contribution < -0.4 is 21.3 Å². The number of nitrogen functional groups attached to an aromatic ring is 1. The Balaban J connectivity index is 3.25. The van der Waals surface area contributed by atoms with Crippen molar-refractivity contribution in [3.05, 3.63) is 17.7 Å². The first-order chi connectivity index (χ1) is 9.04. The summed E-state index contributed by atoms with van der Waals surface area (Å²) in [5, 5.41) is 5.87. The molecule has 19 heavy (non-hydrogen) atoms. The molecule has 0 bridgehead atoms. The van der Waals surface area contributed by atoms with Crippen LogP contribution in [0.4, 0.5) is 17.1 Å². The number of nitrogens with one attached hydrogen (secondary N) is 2. The molecule has 1 aromatic rings. The van der Waals surface area contributed by atoms with Crippen molar-refractivity contribution >= 4 is 23.0 Å². The summed E-state index contributed by atoms with van der Waals surface area (Å²) < 4.78 is 0. The van der Waals surface area contributed by atoms with Gasteiger partial charge in [0, 0.05) is 27.2 Å². The first-order valence-corrected chi connectivity index (χ1v) is 6.65. The van der Waals surface area contributed by atoms with E-state index in [1.54, 1.807) is 6.07 Å². The molecule has 0 aliphatic carbocycles. The summed E-state index contributed by atoms with van der Waals surface area (Å²) in [6.07, 6.45) is 1.02. The number of hydrogen-bond donors (Lipinski definition) is 3. The predicted octanol–water partition coefficient (Wildman–Crippen LogP) is 1.91. The molecule has 1 aromatic carbocycles. The van der Waals surface area contributed by atoms with Crippen LogP contribution in [-0.4, -0.2) is 33.1 Å². The van der Waals surface area contributed by atoms with Gasteiger partial charge in [0.15, 0.2) is 0 Å². The second kappa shape index (κ2) is 6.87. The van der Waals surface area contributed by atoms with Gasteiger partial charge in [-0.2, -0.15) is 0 Å². The topological polar surface area (TPSA) is 70.4 Å². The van der Waals surface area contributed by atoms with E-state index in [2.05, 4.69) is 22.5 Å². The van der Waals surface area contributed by atoms with Crippen LogP contribution in [0.1, 0.15) is 30.6 Å². The smallest absolute Gasteiger partial charge is 0.253 e. The van der Waals surface area contributed by atoms with Gasteiger partial charge >= 0.3 is 0 Å². The highest BCUT2D eigenvalue weighted by atomic mass is 16.1. The summed E-state index contributed by atoms with van der Waals surface area (Å²) in [6.45, 7) is 5.50. The number of nitrogens with two attached hydrogens (primary N) is 1. The molecule has 4 N–H and O–H groups in total. The van der Waals surface area contributed by atoms with Gasteiger partial charge in [0.2, 0.25) is 0 Å². The third-order valence-corrected chi connectivity index (χ3v) is 2.99.